The highest BCUT2D eigenvalue weighted by atomic mass is 19.1. The second-order valence-electron chi connectivity index (χ2n) is 7.61. The van der Waals surface area contributed by atoms with Gasteiger partial charge >= 0.3 is 0 Å². The van der Waals surface area contributed by atoms with E-state index in [4.69, 9.17) is 0 Å². The Hall–Kier alpha value is -2.28. The summed E-state index contributed by atoms with van der Waals surface area (Å²) < 4.78 is 13.9. The highest BCUT2D eigenvalue weighted by Gasteiger charge is 2.17. The van der Waals surface area contributed by atoms with E-state index in [1.165, 1.54) is 6.07 Å². The monoisotopic (exact) mass is 415 g/mol. The number of carbonyl (C=O) groups excluding carboxylic acids is 1. The third-order valence-electron chi connectivity index (χ3n) is 5.43. The predicted octanol–water partition coefficient (Wildman–Crippen LogP) is 3.76. The van der Waals surface area contributed by atoms with Crippen LogP contribution in [0.1, 0.15) is 36.6 Å². The molecule has 1 amide bonds. The van der Waals surface area contributed by atoms with E-state index < -0.39 is 6.10 Å². The Morgan fingerprint density at radius 2 is 1.60 bits per heavy atom. The predicted molar refractivity (Wildman–Crippen MR) is 120 cm³/mol. The van der Waals surface area contributed by atoms with E-state index in [2.05, 4.69) is 15.1 Å². The summed E-state index contributed by atoms with van der Waals surface area (Å²) in [6.45, 7) is 11.5. The van der Waals surface area contributed by atoms with Crippen molar-refractivity contribution < 1.29 is 14.3 Å². The number of anilines is 1. The standard InChI is InChI=1S/C24H34FN3O2/c1-5-27(16-22(29)20-12-7-8-13-21(20)25)14-15-28(6-2)17-23(30)26-24-18(3)10-9-11-19(24)4/h7-13,22,29H,5-6,14-17H2,1-4H3,(H,26,30). The molecule has 0 aliphatic rings. The summed E-state index contributed by atoms with van der Waals surface area (Å²) in [5.41, 5.74) is 3.29. The first kappa shape index (κ1) is 24.0. The summed E-state index contributed by atoms with van der Waals surface area (Å²) in [4.78, 5) is 16.7. The van der Waals surface area contributed by atoms with Crippen molar-refractivity contribution in [3.05, 3.63) is 65.0 Å². The van der Waals surface area contributed by atoms with Crippen molar-refractivity contribution in [3.63, 3.8) is 0 Å². The van der Waals surface area contributed by atoms with Gasteiger partial charge in [0.1, 0.15) is 5.82 Å². The molecule has 0 aliphatic heterocycles. The molecule has 0 saturated carbocycles. The molecule has 0 bridgehead atoms. The molecule has 0 radical (unpaired) electrons. The lowest BCUT2D eigenvalue weighted by atomic mass is 10.1. The molecule has 6 heteroatoms. The summed E-state index contributed by atoms with van der Waals surface area (Å²) in [5.74, 6) is -0.428. The van der Waals surface area contributed by atoms with Gasteiger partial charge in [0, 0.05) is 30.9 Å². The van der Waals surface area contributed by atoms with E-state index in [0.29, 0.717) is 31.7 Å². The maximum Gasteiger partial charge on any atom is 0.238 e. The lowest BCUT2D eigenvalue weighted by Crippen LogP contribution is -2.40. The van der Waals surface area contributed by atoms with Crippen LogP contribution in [-0.4, -0.2) is 60.1 Å². The number of nitrogens with zero attached hydrogens (tertiary/aromatic N) is 2. The number of aliphatic hydroxyl groups is 1. The number of aryl methyl sites for hydroxylation is 2. The molecule has 0 fully saturated rings. The maximum atomic E-state index is 13.9. The van der Waals surface area contributed by atoms with Crippen LogP contribution in [-0.2, 0) is 4.79 Å². The molecule has 30 heavy (non-hydrogen) atoms. The molecular formula is C24H34FN3O2. The molecule has 2 rings (SSSR count). The van der Waals surface area contributed by atoms with Crippen molar-refractivity contribution in [3.8, 4) is 0 Å². The molecule has 2 N–H and O–H groups in total. The lowest BCUT2D eigenvalue weighted by Gasteiger charge is -2.27. The van der Waals surface area contributed by atoms with Gasteiger partial charge in [-0.15, -0.1) is 0 Å². The Bertz CT molecular complexity index is 808. The minimum Gasteiger partial charge on any atom is -0.387 e. The lowest BCUT2D eigenvalue weighted by molar-refractivity contribution is -0.117. The molecule has 164 valence electrons. The Kier molecular flexibility index (Phi) is 9.43. The van der Waals surface area contributed by atoms with Crippen LogP contribution in [0.15, 0.2) is 42.5 Å². The minimum absolute atomic E-state index is 0.0383. The van der Waals surface area contributed by atoms with Gasteiger partial charge < -0.3 is 10.4 Å². The number of likely N-dealkylation sites (N-methyl/N-ethyl adjacent to an activating group) is 2. The third kappa shape index (κ3) is 6.90. The third-order valence-corrected chi connectivity index (χ3v) is 5.43. The molecule has 0 heterocycles. The highest BCUT2D eigenvalue weighted by Crippen LogP contribution is 2.19. The quantitative estimate of drug-likeness (QED) is 0.587. The van der Waals surface area contributed by atoms with Crippen LogP contribution < -0.4 is 5.32 Å². The number of carbonyl (C=O) groups is 1. The van der Waals surface area contributed by atoms with Crippen LogP contribution >= 0.6 is 0 Å². The van der Waals surface area contributed by atoms with Crippen molar-refractivity contribution in [2.24, 2.45) is 0 Å². The second kappa shape index (κ2) is 11.8. The Morgan fingerprint density at radius 3 is 2.20 bits per heavy atom. The van der Waals surface area contributed by atoms with E-state index in [1.54, 1.807) is 18.2 Å². The number of para-hydroxylation sites is 1. The zero-order valence-electron chi connectivity index (χ0n) is 18.5. The number of rotatable bonds is 11. The molecule has 1 atom stereocenters. The van der Waals surface area contributed by atoms with Crippen molar-refractivity contribution in [2.45, 2.75) is 33.8 Å². The zero-order chi connectivity index (χ0) is 22.1. The topological polar surface area (TPSA) is 55.8 Å². The number of halogens is 1. The van der Waals surface area contributed by atoms with Crippen LogP contribution in [0.25, 0.3) is 0 Å². The van der Waals surface area contributed by atoms with Gasteiger partial charge in [0.15, 0.2) is 0 Å². The van der Waals surface area contributed by atoms with Gasteiger partial charge in [-0.2, -0.15) is 0 Å². The van der Waals surface area contributed by atoms with Gasteiger partial charge in [0.05, 0.1) is 12.6 Å². The SMILES string of the molecule is CCN(CCN(CC)CC(O)c1ccccc1F)CC(=O)Nc1c(C)cccc1C. The average Bonchev–Trinajstić information content (AvgIpc) is 2.72. The number of nitrogens with one attached hydrogen (secondary N) is 1. The Balaban J connectivity index is 1.88. The van der Waals surface area contributed by atoms with E-state index in [-0.39, 0.29) is 11.7 Å². The smallest absolute Gasteiger partial charge is 0.238 e. The van der Waals surface area contributed by atoms with E-state index >= 15 is 0 Å². The first-order valence-corrected chi connectivity index (χ1v) is 10.6. The molecule has 0 spiro atoms. The van der Waals surface area contributed by atoms with Crippen LogP contribution in [0, 0.1) is 19.7 Å². The van der Waals surface area contributed by atoms with Gasteiger partial charge in [0.25, 0.3) is 0 Å². The number of benzene rings is 2. The fourth-order valence-corrected chi connectivity index (χ4v) is 3.49. The molecule has 2 aromatic carbocycles. The molecule has 5 nitrogen and oxygen atoms in total. The summed E-state index contributed by atoms with van der Waals surface area (Å²) in [5, 5.41) is 13.5. The summed E-state index contributed by atoms with van der Waals surface area (Å²) in [6, 6.07) is 12.3. The van der Waals surface area contributed by atoms with Crippen LogP contribution in [0.5, 0.6) is 0 Å². The molecule has 0 saturated heterocycles. The normalized spacial score (nSPS) is 12.4. The average molecular weight is 416 g/mol. The number of aliphatic hydroxyl groups excluding tert-OH is 1. The van der Waals surface area contributed by atoms with Gasteiger partial charge in [0.2, 0.25) is 5.91 Å². The number of hydrogen-bond acceptors (Lipinski definition) is 4. The Labute approximate surface area is 179 Å². The number of amides is 1. The molecule has 0 aromatic heterocycles. The van der Waals surface area contributed by atoms with Crippen LogP contribution in [0.2, 0.25) is 0 Å². The van der Waals surface area contributed by atoms with E-state index in [0.717, 1.165) is 29.9 Å². The van der Waals surface area contributed by atoms with Gasteiger partial charge in [-0.3, -0.25) is 14.6 Å². The van der Waals surface area contributed by atoms with Gasteiger partial charge in [-0.05, 0) is 44.1 Å². The van der Waals surface area contributed by atoms with Crippen LogP contribution in [0.3, 0.4) is 0 Å². The molecule has 1 unspecified atom stereocenters. The first-order valence-electron chi connectivity index (χ1n) is 10.6. The summed E-state index contributed by atoms with van der Waals surface area (Å²) >= 11 is 0. The van der Waals surface area contributed by atoms with Crippen molar-refractivity contribution in [2.75, 3.05) is 44.6 Å². The van der Waals surface area contributed by atoms with Gasteiger partial charge in [-0.25, -0.2) is 4.39 Å². The minimum atomic E-state index is -0.881. The fraction of sp³-hybridized carbons (Fsp3) is 0.458. The fourth-order valence-electron chi connectivity index (χ4n) is 3.49. The second-order valence-corrected chi connectivity index (χ2v) is 7.61. The molecular weight excluding hydrogens is 381 g/mol. The zero-order valence-corrected chi connectivity index (χ0v) is 18.5. The van der Waals surface area contributed by atoms with E-state index in [9.17, 15) is 14.3 Å². The van der Waals surface area contributed by atoms with Crippen LogP contribution in [0.4, 0.5) is 10.1 Å². The molecule has 0 aliphatic carbocycles. The largest absolute Gasteiger partial charge is 0.387 e. The van der Waals surface area contributed by atoms with Crippen molar-refractivity contribution in [1.82, 2.24) is 9.80 Å². The Morgan fingerprint density at radius 1 is 1.00 bits per heavy atom. The van der Waals surface area contributed by atoms with Crippen molar-refractivity contribution in [1.29, 1.82) is 0 Å². The number of hydrogen-bond donors (Lipinski definition) is 2. The van der Waals surface area contributed by atoms with Gasteiger partial charge in [-0.1, -0.05) is 50.2 Å². The first-order chi connectivity index (χ1) is 14.3. The van der Waals surface area contributed by atoms with E-state index in [1.807, 2.05) is 45.9 Å². The van der Waals surface area contributed by atoms with Crippen molar-refractivity contribution >= 4 is 11.6 Å². The summed E-state index contributed by atoms with van der Waals surface area (Å²) in [7, 11) is 0. The highest BCUT2D eigenvalue weighted by molar-refractivity contribution is 5.93. The maximum absolute atomic E-state index is 13.9. The summed E-state index contributed by atoms with van der Waals surface area (Å²) in [6.07, 6.45) is -0.881. The molecule has 2 aromatic rings.